The van der Waals surface area contributed by atoms with E-state index < -0.39 is 17.7 Å². The van der Waals surface area contributed by atoms with Gasteiger partial charge >= 0.3 is 5.97 Å². The van der Waals surface area contributed by atoms with Crippen molar-refractivity contribution in [1.29, 1.82) is 0 Å². The lowest BCUT2D eigenvalue weighted by Crippen LogP contribution is -2.27. The largest absolute Gasteiger partial charge is 0.466 e. The number of carbonyl (C=O) groups excluding carboxylic acids is 2. The van der Waals surface area contributed by atoms with Gasteiger partial charge in [0, 0.05) is 11.6 Å². The summed E-state index contributed by atoms with van der Waals surface area (Å²) in [5, 5.41) is 2.64. The minimum Gasteiger partial charge on any atom is -0.466 e. The first-order valence-electron chi connectivity index (χ1n) is 5.43. The molecule has 1 aromatic rings. The third-order valence-electron chi connectivity index (χ3n) is 2.10. The van der Waals surface area contributed by atoms with E-state index in [0.717, 1.165) is 6.07 Å². The summed E-state index contributed by atoms with van der Waals surface area (Å²) in [6.07, 6.45) is 0.0504. The lowest BCUT2D eigenvalue weighted by Gasteiger charge is -2.06. The fourth-order valence-corrected chi connectivity index (χ4v) is 1.44. The van der Waals surface area contributed by atoms with E-state index in [9.17, 15) is 14.0 Å². The van der Waals surface area contributed by atoms with E-state index in [1.165, 1.54) is 12.1 Å². The Morgan fingerprint density at radius 1 is 1.44 bits per heavy atom. The maximum atomic E-state index is 13.4. The van der Waals surface area contributed by atoms with Gasteiger partial charge in [0.2, 0.25) is 0 Å². The van der Waals surface area contributed by atoms with Crippen molar-refractivity contribution in [2.45, 2.75) is 13.3 Å². The molecule has 0 heterocycles. The molecule has 1 aromatic carbocycles. The third kappa shape index (κ3) is 4.33. The van der Waals surface area contributed by atoms with E-state index in [-0.39, 0.29) is 23.6 Å². The van der Waals surface area contributed by atoms with Crippen molar-refractivity contribution in [2.24, 2.45) is 0 Å². The van der Waals surface area contributed by atoms with Crippen molar-refractivity contribution < 1.29 is 18.7 Å². The number of hydrogen-bond donors (Lipinski definition) is 1. The van der Waals surface area contributed by atoms with Crippen molar-refractivity contribution in [2.75, 3.05) is 13.2 Å². The molecule has 18 heavy (non-hydrogen) atoms. The topological polar surface area (TPSA) is 55.4 Å². The van der Waals surface area contributed by atoms with E-state index >= 15 is 0 Å². The summed E-state index contributed by atoms with van der Waals surface area (Å²) in [6, 6.07) is 3.77. The van der Waals surface area contributed by atoms with Gasteiger partial charge in [0.25, 0.3) is 5.91 Å². The van der Waals surface area contributed by atoms with E-state index in [1.807, 2.05) is 0 Å². The highest BCUT2D eigenvalue weighted by Crippen LogP contribution is 2.14. The fourth-order valence-electron chi connectivity index (χ4n) is 1.28. The van der Waals surface area contributed by atoms with Crippen LogP contribution >= 0.6 is 11.6 Å². The number of halogens is 2. The van der Waals surface area contributed by atoms with E-state index in [1.54, 1.807) is 6.92 Å². The Labute approximate surface area is 109 Å². The van der Waals surface area contributed by atoms with Crippen LogP contribution < -0.4 is 5.32 Å². The van der Waals surface area contributed by atoms with Gasteiger partial charge in [-0.05, 0) is 25.1 Å². The minimum absolute atomic E-state index is 0.0504. The molecule has 0 saturated carbocycles. The number of benzene rings is 1. The fraction of sp³-hybridized carbons (Fsp3) is 0.333. The minimum atomic E-state index is -0.698. The molecule has 0 aromatic heterocycles. The van der Waals surface area contributed by atoms with Gasteiger partial charge in [-0.25, -0.2) is 4.39 Å². The predicted octanol–water partition coefficient (Wildman–Crippen LogP) is 2.16. The number of rotatable bonds is 5. The predicted molar refractivity (Wildman–Crippen MR) is 65.0 cm³/mol. The van der Waals surface area contributed by atoms with Crippen LogP contribution in [0.4, 0.5) is 4.39 Å². The van der Waals surface area contributed by atoms with Crippen molar-refractivity contribution in [1.82, 2.24) is 5.32 Å². The molecule has 0 aliphatic rings. The molecule has 98 valence electrons. The van der Waals surface area contributed by atoms with Crippen LogP contribution in [0.25, 0.3) is 0 Å². The van der Waals surface area contributed by atoms with Crippen molar-refractivity contribution in [3.63, 3.8) is 0 Å². The molecule has 0 spiro atoms. The summed E-state index contributed by atoms with van der Waals surface area (Å²) in [6.45, 7) is 2.08. The molecule has 4 nitrogen and oxygen atoms in total. The maximum absolute atomic E-state index is 13.4. The molecule has 0 saturated heterocycles. The Hall–Kier alpha value is -1.62. The lowest BCUT2D eigenvalue weighted by molar-refractivity contribution is -0.142. The first-order chi connectivity index (χ1) is 8.54. The van der Waals surface area contributed by atoms with Gasteiger partial charge in [-0.3, -0.25) is 9.59 Å². The zero-order valence-corrected chi connectivity index (χ0v) is 10.6. The van der Waals surface area contributed by atoms with Gasteiger partial charge < -0.3 is 10.1 Å². The molecule has 1 rings (SSSR count). The van der Waals surface area contributed by atoms with Crippen molar-refractivity contribution in [3.05, 3.63) is 34.6 Å². The van der Waals surface area contributed by atoms with Gasteiger partial charge in [0.15, 0.2) is 0 Å². The summed E-state index contributed by atoms with van der Waals surface area (Å²) in [5.74, 6) is -1.70. The highest BCUT2D eigenvalue weighted by Gasteiger charge is 2.12. The normalized spacial score (nSPS) is 9.94. The Balaban J connectivity index is 2.48. The second-order valence-electron chi connectivity index (χ2n) is 3.44. The van der Waals surface area contributed by atoms with Gasteiger partial charge in [0.1, 0.15) is 5.82 Å². The van der Waals surface area contributed by atoms with Crippen LogP contribution in [0, 0.1) is 5.82 Å². The molecule has 0 fully saturated rings. The number of carbonyl (C=O) groups is 2. The summed E-state index contributed by atoms with van der Waals surface area (Å²) < 4.78 is 18.1. The summed E-state index contributed by atoms with van der Waals surface area (Å²) in [5.41, 5.74) is -0.108. The van der Waals surface area contributed by atoms with Crippen molar-refractivity contribution in [3.8, 4) is 0 Å². The number of nitrogens with one attached hydrogen (secondary N) is 1. The Bertz CT molecular complexity index is 451. The third-order valence-corrected chi connectivity index (χ3v) is 2.33. The van der Waals surface area contributed by atoms with E-state index in [2.05, 4.69) is 10.1 Å². The zero-order chi connectivity index (χ0) is 13.5. The summed E-state index contributed by atoms with van der Waals surface area (Å²) in [7, 11) is 0. The average molecular weight is 274 g/mol. The molecular formula is C12H13ClFNO3. The van der Waals surface area contributed by atoms with Gasteiger partial charge in [-0.15, -0.1) is 0 Å². The highest BCUT2D eigenvalue weighted by atomic mass is 35.5. The first kappa shape index (κ1) is 14.4. The summed E-state index contributed by atoms with van der Waals surface area (Å²) in [4.78, 5) is 22.6. The quantitative estimate of drug-likeness (QED) is 0.837. The second kappa shape index (κ2) is 6.96. The van der Waals surface area contributed by atoms with Crippen LogP contribution in [0.15, 0.2) is 18.2 Å². The van der Waals surface area contributed by atoms with Crippen molar-refractivity contribution >= 4 is 23.5 Å². The second-order valence-corrected chi connectivity index (χ2v) is 3.87. The molecule has 1 N–H and O–H groups in total. The average Bonchev–Trinajstić information content (AvgIpc) is 2.29. The standard InChI is InChI=1S/C12H13ClFNO3/c1-2-18-11(16)5-6-15-12(17)9-4-3-8(13)7-10(9)14/h3-4,7H,2,5-6H2,1H3,(H,15,17). The van der Waals surface area contributed by atoms with Gasteiger partial charge in [0.05, 0.1) is 18.6 Å². The summed E-state index contributed by atoms with van der Waals surface area (Å²) >= 11 is 5.57. The van der Waals surface area contributed by atoms with Crippen LogP contribution in [0.5, 0.6) is 0 Å². The van der Waals surface area contributed by atoms with Crippen LogP contribution in [-0.4, -0.2) is 25.0 Å². The Morgan fingerprint density at radius 2 is 2.17 bits per heavy atom. The van der Waals surface area contributed by atoms with Gasteiger partial charge in [-0.2, -0.15) is 0 Å². The number of ether oxygens (including phenoxy) is 1. The molecule has 0 bridgehead atoms. The smallest absolute Gasteiger partial charge is 0.307 e. The number of amides is 1. The number of hydrogen-bond acceptors (Lipinski definition) is 3. The van der Waals surface area contributed by atoms with Crippen LogP contribution in [0.2, 0.25) is 5.02 Å². The molecule has 0 aliphatic heterocycles. The molecule has 0 unspecified atom stereocenters. The lowest BCUT2D eigenvalue weighted by atomic mass is 10.2. The highest BCUT2D eigenvalue weighted by molar-refractivity contribution is 6.30. The molecular weight excluding hydrogens is 261 g/mol. The van der Waals surface area contributed by atoms with Crippen LogP contribution in [0.1, 0.15) is 23.7 Å². The van der Waals surface area contributed by atoms with Gasteiger partial charge in [-0.1, -0.05) is 11.6 Å². The molecule has 6 heteroatoms. The van der Waals surface area contributed by atoms with Crippen LogP contribution in [-0.2, 0) is 9.53 Å². The Morgan fingerprint density at radius 3 is 2.78 bits per heavy atom. The van der Waals surface area contributed by atoms with Crippen LogP contribution in [0.3, 0.4) is 0 Å². The molecule has 0 aliphatic carbocycles. The van der Waals surface area contributed by atoms with E-state index in [0.29, 0.717) is 6.61 Å². The molecule has 1 amide bonds. The molecule has 0 atom stereocenters. The zero-order valence-electron chi connectivity index (χ0n) is 9.83. The van der Waals surface area contributed by atoms with E-state index in [4.69, 9.17) is 11.6 Å². The number of esters is 1. The SMILES string of the molecule is CCOC(=O)CCNC(=O)c1ccc(Cl)cc1F. The monoisotopic (exact) mass is 273 g/mol. The maximum Gasteiger partial charge on any atom is 0.307 e. The Kier molecular flexibility index (Phi) is 5.58. The first-order valence-corrected chi connectivity index (χ1v) is 5.81. The molecule has 0 radical (unpaired) electrons.